The fourth-order valence-electron chi connectivity index (χ4n) is 3.67. The Kier molecular flexibility index (Phi) is 9.05. The predicted octanol–water partition coefficient (Wildman–Crippen LogP) is 5.96. The number of ether oxygens (including phenoxy) is 2. The van der Waals surface area contributed by atoms with Crippen molar-refractivity contribution in [2.45, 2.75) is 58.3 Å². The Bertz CT molecular complexity index is 954. The summed E-state index contributed by atoms with van der Waals surface area (Å²) >= 11 is 7.07. The molecule has 0 unspecified atom stereocenters. The van der Waals surface area contributed by atoms with Gasteiger partial charge in [0, 0.05) is 10.6 Å². The van der Waals surface area contributed by atoms with Crippen molar-refractivity contribution < 1.29 is 19.1 Å². The molecular formula is C24H30N2O4S2. The number of hydrogen-bond donors (Lipinski definition) is 2. The van der Waals surface area contributed by atoms with Crippen LogP contribution in [-0.4, -0.2) is 30.8 Å². The van der Waals surface area contributed by atoms with Gasteiger partial charge in [-0.15, -0.1) is 11.3 Å². The van der Waals surface area contributed by atoms with Gasteiger partial charge in [0.15, 0.2) is 5.11 Å². The number of carbonyl (C=O) groups is 2. The minimum atomic E-state index is -0.334. The van der Waals surface area contributed by atoms with Gasteiger partial charge < -0.3 is 20.1 Å². The molecule has 0 fully saturated rings. The molecule has 8 heteroatoms. The van der Waals surface area contributed by atoms with E-state index in [1.807, 2.05) is 6.92 Å². The molecule has 2 aromatic rings. The molecule has 172 valence electrons. The smallest absolute Gasteiger partial charge is 0.341 e. The van der Waals surface area contributed by atoms with Gasteiger partial charge in [-0.05, 0) is 74.2 Å². The predicted molar refractivity (Wildman–Crippen MR) is 133 cm³/mol. The van der Waals surface area contributed by atoms with Crippen LogP contribution in [0.4, 0.5) is 10.7 Å². The second-order valence-corrected chi connectivity index (χ2v) is 9.27. The number of hydrogen-bond acceptors (Lipinski definition) is 6. The first-order valence-corrected chi connectivity index (χ1v) is 12.3. The summed E-state index contributed by atoms with van der Waals surface area (Å²) in [4.78, 5) is 25.8. The Morgan fingerprint density at radius 2 is 1.75 bits per heavy atom. The summed E-state index contributed by atoms with van der Waals surface area (Å²) in [5.41, 5.74) is 2.93. The fraction of sp³-hybridized carbons (Fsp3) is 0.458. The summed E-state index contributed by atoms with van der Waals surface area (Å²) in [5, 5.41) is 7.41. The number of esters is 2. The highest BCUT2D eigenvalue weighted by Crippen LogP contribution is 2.37. The Hall–Kier alpha value is -2.45. The molecule has 0 saturated carbocycles. The molecule has 32 heavy (non-hydrogen) atoms. The molecule has 2 N–H and O–H groups in total. The van der Waals surface area contributed by atoms with Crippen LogP contribution in [0.15, 0.2) is 24.3 Å². The van der Waals surface area contributed by atoms with Gasteiger partial charge in [-0.1, -0.05) is 26.2 Å². The Morgan fingerprint density at radius 1 is 1.03 bits per heavy atom. The number of unbranched alkanes of at least 4 members (excludes halogenated alkanes) is 1. The summed E-state index contributed by atoms with van der Waals surface area (Å²) in [6.45, 7) is 2.48. The molecule has 6 nitrogen and oxygen atoms in total. The number of rotatable bonds is 7. The molecule has 0 spiro atoms. The second kappa shape index (κ2) is 12.0. The molecule has 0 aliphatic heterocycles. The summed E-state index contributed by atoms with van der Waals surface area (Å²) in [6.07, 6.45) is 8.29. The third kappa shape index (κ3) is 6.29. The van der Waals surface area contributed by atoms with Crippen LogP contribution in [-0.2, 0) is 22.3 Å². The van der Waals surface area contributed by atoms with Crippen molar-refractivity contribution in [2.75, 3.05) is 24.4 Å². The highest BCUT2D eigenvalue weighted by atomic mass is 32.1. The Labute approximate surface area is 198 Å². The molecule has 1 aromatic carbocycles. The Morgan fingerprint density at radius 3 is 2.44 bits per heavy atom. The van der Waals surface area contributed by atoms with E-state index in [2.05, 4.69) is 10.6 Å². The number of anilines is 2. The molecule has 0 bridgehead atoms. The van der Waals surface area contributed by atoms with Gasteiger partial charge in [-0.2, -0.15) is 0 Å². The minimum absolute atomic E-state index is 0.329. The van der Waals surface area contributed by atoms with Gasteiger partial charge in [-0.25, -0.2) is 9.59 Å². The van der Waals surface area contributed by atoms with Crippen molar-refractivity contribution >= 4 is 51.3 Å². The van der Waals surface area contributed by atoms with E-state index in [4.69, 9.17) is 21.7 Å². The topological polar surface area (TPSA) is 76.7 Å². The van der Waals surface area contributed by atoms with Crippen LogP contribution in [0.1, 0.15) is 76.6 Å². The largest absolute Gasteiger partial charge is 0.465 e. The molecule has 1 aliphatic rings. The molecule has 0 saturated heterocycles. The van der Waals surface area contributed by atoms with Crippen LogP contribution in [0.3, 0.4) is 0 Å². The maximum Gasteiger partial charge on any atom is 0.341 e. The molecule has 0 radical (unpaired) electrons. The zero-order valence-corrected chi connectivity index (χ0v) is 20.3. The standard InChI is InChI=1S/C24H30N2O4S2/c1-3-4-15-30-22(27)16-11-13-17(14-12-16)25-24(31)26-21-20(23(28)29-2)18-9-7-5-6-8-10-19(18)32-21/h11-14H,3-10,15H2,1-2H3,(H2,25,26,31). The summed E-state index contributed by atoms with van der Waals surface area (Å²) < 4.78 is 10.3. The zero-order valence-electron chi connectivity index (χ0n) is 18.6. The first-order valence-electron chi connectivity index (χ1n) is 11.1. The van der Waals surface area contributed by atoms with E-state index < -0.39 is 0 Å². The van der Waals surface area contributed by atoms with E-state index in [1.165, 1.54) is 24.8 Å². The van der Waals surface area contributed by atoms with Crippen LogP contribution in [0, 0.1) is 0 Å². The van der Waals surface area contributed by atoms with Crippen LogP contribution >= 0.6 is 23.6 Å². The van der Waals surface area contributed by atoms with Crippen molar-refractivity contribution in [3.63, 3.8) is 0 Å². The van der Waals surface area contributed by atoms with Crippen molar-refractivity contribution in [3.05, 3.63) is 45.8 Å². The van der Waals surface area contributed by atoms with Gasteiger partial charge in [0.25, 0.3) is 0 Å². The quantitative estimate of drug-likeness (QED) is 0.291. The lowest BCUT2D eigenvalue weighted by Crippen LogP contribution is -2.20. The molecule has 3 rings (SSSR count). The molecule has 0 amide bonds. The first kappa shape index (κ1) is 24.2. The molecule has 1 aliphatic carbocycles. The number of methoxy groups -OCH3 is 1. The summed E-state index contributed by atoms with van der Waals surface area (Å²) in [6, 6.07) is 6.96. The summed E-state index contributed by atoms with van der Waals surface area (Å²) in [7, 11) is 1.41. The SMILES string of the molecule is CCCCOC(=O)c1ccc(NC(=S)Nc2sc3c(c2C(=O)OC)CCCCCC3)cc1. The molecule has 0 atom stereocenters. The fourth-order valence-corrected chi connectivity index (χ4v) is 5.24. The normalized spacial score (nSPS) is 13.3. The number of thiophene rings is 1. The maximum atomic E-state index is 12.5. The number of thiocarbonyl (C=S) groups is 1. The average molecular weight is 475 g/mol. The van der Waals surface area contributed by atoms with E-state index >= 15 is 0 Å². The van der Waals surface area contributed by atoms with Crippen molar-refractivity contribution in [2.24, 2.45) is 0 Å². The van der Waals surface area contributed by atoms with Gasteiger partial charge in [0.05, 0.1) is 24.8 Å². The van der Waals surface area contributed by atoms with E-state index in [-0.39, 0.29) is 11.9 Å². The lowest BCUT2D eigenvalue weighted by Gasteiger charge is -2.12. The van der Waals surface area contributed by atoms with Gasteiger partial charge in [0.2, 0.25) is 0 Å². The van der Waals surface area contributed by atoms with Gasteiger partial charge in [0.1, 0.15) is 5.00 Å². The lowest BCUT2D eigenvalue weighted by atomic mass is 9.96. The number of carbonyl (C=O) groups excluding carboxylic acids is 2. The monoisotopic (exact) mass is 474 g/mol. The lowest BCUT2D eigenvalue weighted by molar-refractivity contribution is 0.0499. The van der Waals surface area contributed by atoms with E-state index in [1.54, 1.807) is 35.6 Å². The number of aryl methyl sites for hydroxylation is 1. The van der Waals surface area contributed by atoms with Crippen LogP contribution in [0.25, 0.3) is 0 Å². The maximum absolute atomic E-state index is 12.5. The highest BCUT2D eigenvalue weighted by Gasteiger charge is 2.25. The number of nitrogens with one attached hydrogen (secondary N) is 2. The number of benzene rings is 1. The van der Waals surface area contributed by atoms with Crippen molar-refractivity contribution in [3.8, 4) is 0 Å². The van der Waals surface area contributed by atoms with Crippen molar-refractivity contribution in [1.82, 2.24) is 0 Å². The van der Waals surface area contributed by atoms with Gasteiger partial charge in [-0.3, -0.25) is 0 Å². The number of fused-ring (bicyclic) bond motifs is 1. The zero-order chi connectivity index (χ0) is 22.9. The third-order valence-electron chi connectivity index (χ3n) is 5.40. The van der Waals surface area contributed by atoms with E-state index in [9.17, 15) is 9.59 Å². The highest BCUT2D eigenvalue weighted by molar-refractivity contribution is 7.80. The summed E-state index contributed by atoms with van der Waals surface area (Å²) in [5.74, 6) is -0.663. The average Bonchev–Trinajstić information content (AvgIpc) is 3.09. The van der Waals surface area contributed by atoms with E-state index in [0.29, 0.717) is 22.8 Å². The van der Waals surface area contributed by atoms with Crippen molar-refractivity contribution in [1.29, 1.82) is 0 Å². The molecule has 1 heterocycles. The third-order valence-corrected chi connectivity index (χ3v) is 6.81. The molecular weight excluding hydrogens is 444 g/mol. The first-order chi connectivity index (χ1) is 15.5. The molecule has 1 aromatic heterocycles. The minimum Gasteiger partial charge on any atom is -0.465 e. The second-order valence-electron chi connectivity index (χ2n) is 7.76. The van der Waals surface area contributed by atoms with Crippen LogP contribution < -0.4 is 10.6 Å². The van der Waals surface area contributed by atoms with E-state index in [0.717, 1.165) is 54.8 Å². The van der Waals surface area contributed by atoms with Gasteiger partial charge >= 0.3 is 11.9 Å². The Balaban J connectivity index is 1.68. The van der Waals surface area contributed by atoms with Crippen LogP contribution in [0.5, 0.6) is 0 Å². The van der Waals surface area contributed by atoms with Crippen LogP contribution in [0.2, 0.25) is 0 Å².